The first-order valence-corrected chi connectivity index (χ1v) is 6.28. The quantitative estimate of drug-likeness (QED) is 0.872. The molecule has 2 N–H and O–H groups in total. The molecule has 1 atom stereocenters. The fourth-order valence-corrected chi connectivity index (χ4v) is 2.54. The fraction of sp³-hybridized carbons (Fsp3) is 0.267. The maximum absolute atomic E-state index is 6.21. The van der Waals surface area contributed by atoms with Crippen LogP contribution in [0.2, 0.25) is 0 Å². The largest absolute Gasteiger partial charge is 0.323 e. The third-order valence-corrected chi connectivity index (χ3v) is 3.40. The van der Waals surface area contributed by atoms with Crippen molar-refractivity contribution in [3.8, 4) is 0 Å². The molecule has 1 aromatic carbocycles. The summed E-state index contributed by atoms with van der Waals surface area (Å²) >= 11 is 0. The summed E-state index contributed by atoms with van der Waals surface area (Å²) in [5.41, 5.74) is 9.85. The maximum atomic E-state index is 6.21. The Labute approximate surface area is 107 Å². The molecule has 0 spiro atoms. The molecule has 1 unspecified atom stereocenters. The van der Waals surface area contributed by atoms with Crippen molar-refractivity contribution in [1.29, 1.82) is 0 Å². The van der Waals surface area contributed by atoms with E-state index in [1.54, 1.807) is 0 Å². The Morgan fingerprint density at radius 2 is 2.00 bits per heavy atom. The molecule has 18 heavy (non-hydrogen) atoms. The van der Waals surface area contributed by atoms with Gasteiger partial charge in [0.1, 0.15) is 0 Å². The van der Waals surface area contributed by atoms with Gasteiger partial charge in [0.25, 0.3) is 0 Å². The lowest BCUT2D eigenvalue weighted by atomic mass is 10.0. The molecule has 1 aliphatic heterocycles. The number of benzene rings is 1. The molecule has 0 bridgehead atoms. The van der Waals surface area contributed by atoms with E-state index < -0.39 is 0 Å². The van der Waals surface area contributed by atoms with Crippen LogP contribution in [0.15, 0.2) is 48.7 Å². The predicted octanol–water partition coefficient (Wildman–Crippen LogP) is 2.10. The van der Waals surface area contributed by atoms with Gasteiger partial charge in [0.2, 0.25) is 0 Å². The number of rotatable bonds is 2. The molecule has 3 nitrogen and oxygen atoms in total. The summed E-state index contributed by atoms with van der Waals surface area (Å²) in [5.74, 6) is 0. The van der Waals surface area contributed by atoms with Crippen molar-refractivity contribution in [3.63, 3.8) is 0 Å². The summed E-state index contributed by atoms with van der Waals surface area (Å²) in [7, 11) is 0. The Kier molecular flexibility index (Phi) is 3.09. The highest BCUT2D eigenvalue weighted by molar-refractivity contribution is 5.26. The third-order valence-electron chi connectivity index (χ3n) is 3.40. The van der Waals surface area contributed by atoms with Gasteiger partial charge in [0.15, 0.2) is 0 Å². The Balaban J connectivity index is 1.78. The lowest BCUT2D eigenvalue weighted by Crippen LogP contribution is -2.37. The summed E-state index contributed by atoms with van der Waals surface area (Å²) in [6, 6.07) is 14.6. The van der Waals surface area contributed by atoms with Crippen LogP contribution in [0.3, 0.4) is 0 Å². The first-order chi connectivity index (χ1) is 8.83. The Hall–Kier alpha value is -1.71. The standard InChI is InChI=1S/C15H17N3/c16-14-10-18(9-12-5-2-1-3-6-12)11-15-13(14)7-4-8-17-15/h1-8,14H,9-11,16H2. The summed E-state index contributed by atoms with van der Waals surface area (Å²) in [5, 5.41) is 0. The van der Waals surface area contributed by atoms with Crippen molar-refractivity contribution in [1.82, 2.24) is 9.88 Å². The minimum absolute atomic E-state index is 0.0752. The molecule has 3 heteroatoms. The number of nitrogens with zero attached hydrogens (tertiary/aromatic N) is 2. The van der Waals surface area contributed by atoms with Gasteiger partial charge < -0.3 is 5.73 Å². The van der Waals surface area contributed by atoms with E-state index in [-0.39, 0.29) is 6.04 Å². The van der Waals surface area contributed by atoms with Gasteiger partial charge in [-0.25, -0.2) is 0 Å². The van der Waals surface area contributed by atoms with Crippen molar-refractivity contribution in [2.24, 2.45) is 5.73 Å². The van der Waals surface area contributed by atoms with Crippen molar-refractivity contribution < 1.29 is 0 Å². The zero-order chi connectivity index (χ0) is 12.4. The highest BCUT2D eigenvalue weighted by Gasteiger charge is 2.22. The maximum Gasteiger partial charge on any atom is 0.0592 e. The van der Waals surface area contributed by atoms with Crippen LogP contribution >= 0.6 is 0 Å². The molecule has 0 radical (unpaired) electrons. The average molecular weight is 239 g/mol. The fourth-order valence-electron chi connectivity index (χ4n) is 2.54. The van der Waals surface area contributed by atoms with E-state index in [0.717, 1.165) is 25.3 Å². The lowest BCUT2D eigenvalue weighted by Gasteiger charge is -2.32. The minimum atomic E-state index is 0.0752. The van der Waals surface area contributed by atoms with E-state index >= 15 is 0 Å². The van der Waals surface area contributed by atoms with Crippen LogP contribution in [-0.2, 0) is 13.1 Å². The average Bonchev–Trinajstić information content (AvgIpc) is 2.40. The number of pyridine rings is 1. The van der Waals surface area contributed by atoms with Crippen molar-refractivity contribution in [3.05, 3.63) is 65.5 Å². The van der Waals surface area contributed by atoms with E-state index in [9.17, 15) is 0 Å². The van der Waals surface area contributed by atoms with Gasteiger partial charge in [0, 0.05) is 31.9 Å². The topological polar surface area (TPSA) is 42.1 Å². The molecule has 0 saturated carbocycles. The zero-order valence-electron chi connectivity index (χ0n) is 10.3. The van der Waals surface area contributed by atoms with Crippen LogP contribution < -0.4 is 5.73 Å². The Bertz CT molecular complexity index is 524. The van der Waals surface area contributed by atoms with Crippen LogP contribution in [0, 0.1) is 0 Å². The van der Waals surface area contributed by atoms with E-state index in [0.29, 0.717) is 0 Å². The summed E-state index contributed by atoms with van der Waals surface area (Å²) < 4.78 is 0. The van der Waals surface area contributed by atoms with Gasteiger partial charge in [-0.1, -0.05) is 36.4 Å². The van der Waals surface area contributed by atoms with Crippen LogP contribution in [0.1, 0.15) is 22.9 Å². The monoisotopic (exact) mass is 239 g/mol. The smallest absolute Gasteiger partial charge is 0.0592 e. The molecule has 1 aromatic heterocycles. The van der Waals surface area contributed by atoms with Crippen LogP contribution in [0.4, 0.5) is 0 Å². The van der Waals surface area contributed by atoms with Crippen molar-refractivity contribution in [2.45, 2.75) is 19.1 Å². The number of nitrogens with two attached hydrogens (primary N) is 1. The van der Waals surface area contributed by atoms with Crippen molar-refractivity contribution >= 4 is 0 Å². The molecule has 2 heterocycles. The predicted molar refractivity (Wildman–Crippen MR) is 71.7 cm³/mol. The highest BCUT2D eigenvalue weighted by Crippen LogP contribution is 2.24. The van der Waals surface area contributed by atoms with Gasteiger partial charge in [0.05, 0.1) is 5.69 Å². The number of hydrogen-bond acceptors (Lipinski definition) is 3. The van der Waals surface area contributed by atoms with Gasteiger partial charge in [-0.05, 0) is 17.2 Å². The molecule has 0 saturated heterocycles. The van der Waals surface area contributed by atoms with Crippen LogP contribution in [0.5, 0.6) is 0 Å². The number of aromatic nitrogens is 1. The molecule has 0 fully saturated rings. The van der Waals surface area contributed by atoms with E-state index in [1.165, 1.54) is 11.1 Å². The highest BCUT2D eigenvalue weighted by atomic mass is 15.2. The molecule has 3 rings (SSSR count). The van der Waals surface area contributed by atoms with E-state index in [4.69, 9.17) is 5.73 Å². The molecule has 0 amide bonds. The SMILES string of the molecule is NC1CN(Cc2ccccc2)Cc2ncccc21. The molecule has 92 valence electrons. The summed E-state index contributed by atoms with van der Waals surface area (Å²) in [6.45, 7) is 2.72. The molecular formula is C15H17N3. The normalized spacial score (nSPS) is 19.5. The molecule has 1 aliphatic rings. The molecule has 2 aromatic rings. The van der Waals surface area contributed by atoms with Crippen molar-refractivity contribution in [2.75, 3.05) is 6.54 Å². The van der Waals surface area contributed by atoms with Gasteiger partial charge in [-0.15, -0.1) is 0 Å². The lowest BCUT2D eigenvalue weighted by molar-refractivity contribution is 0.219. The van der Waals surface area contributed by atoms with Crippen LogP contribution in [-0.4, -0.2) is 16.4 Å². The second kappa shape index (κ2) is 4.88. The summed E-state index contributed by atoms with van der Waals surface area (Å²) in [4.78, 5) is 6.80. The second-order valence-corrected chi connectivity index (χ2v) is 4.80. The first kappa shape index (κ1) is 11.4. The van der Waals surface area contributed by atoms with Gasteiger partial charge >= 0.3 is 0 Å². The second-order valence-electron chi connectivity index (χ2n) is 4.80. The number of fused-ring (bicyclic) bond motifs is 1. The van der Waals surface area contributed by atoms with Gasteiger partial charge in [-0.2, -0.15) is 0 Å². The molecule has 0 aliphatic carbocycles. The Morgan fingerprint density at radius 3 is 2.83 bits per heavy atom. The third kappa shape index (κ3) is 2.28. The minimum Gasteiger partial charge on any atom is -0.323 e. The zero-order valence-corrected chi connectivity index (χ0v) is 10.3. The summed E-state index contributed by atoms with van der Waals surface area (Å²) in [6.07, 6.45) is 1.84. The number of hydrogen-bond donors (Lipinski definition) is 1. The van der Waals surface area contributed by atoms with Gasteiger partial charge in [-0.3, -0.25) is 9.88 Å². The van der Waals surface area contributed by atoms with E-state index in [2.05, 4.69) is 40.2 Å². The van der Waals surface area contributed by atoms with Crippen LogP contribution in [0.25, 0.3) is 0 Å². The first-order valence-electron chi connectivity index (χ1n) is 6.28. The Morgan fingerprint density at radius 1 is 1.17 bits per heavy atom. The molecular weight excluding hydrogens is 222 g/mol. The van der Waals surface area contributed by atoms with E-state index in [1.807, 2.05) is 18.3 Å².